The fraction of sp³-hybridized carbons (Fsp3) is 0.250. The minimum Gasteiger partial charge on any atom is -0.478 e. The molecular weight excluding hydrogens is 344 g/mol. The van der Waals surface area contributed by atoms with Crippen molar-refractivity contribution in [3.63, 3.8) is 0 Å². The first-order chi connectivity index (χ1) is 12.0. The van der Waals surface area contributed by atoms with E-state index in [1.807, 2.05) is 0 Å². The molecule has 0 spiro atoms. The van der Waals surface area contributed by atoms with Crippen molar-refractivity contribution < 1.29 is 9.90 Å². The lowest BCUT2D eigenvalue weighted by atomic mass is 10.2. The third-order valence-electron chi connectivity index (χ3n) is 3.80. The third-order valence-corrected chi connectivity index (χ3v) is 4.09. The van der Waals surface area contributed by atoms with Crippen LogP contribution in [0.4, 0.5) is 17.5 Å². The highest BCUT2D eigenvalue weighted by molar-refractivity contribution is 6.32. The maximum atomic E-state index is 11.0. The van der Waals surface area contributed by atoms with Crippen molar-refractivity contribution in [2.75, 3.05) is 29.1 Å². The van der Waals surface area contributed by atoms with Crippen LogP contribution in [0.5, 0.6) is 0 Å². The van der Waals surface area contributed by atoms with Gasteiger partial charge in [0.15, 0.2) is 0 Å². The summed E-state index contributed by atoms with van der Waals surface area (Å²) < 4.78 is 0. The number of nitrogens with zero attached hydrogens (tertiary/aromatic N) is 4. The lowest BCUT2D eigenvalue weighted by Crippen LogP contribution is -2.22. The molecule has 1 fully saturated rings. The Kier molecular flexibility index (Phi) is 4.99. The lowest BCUT2D eigenvalue weighted by molar-refractivity contribution is 0.0697. The van der Waals surface area contributed by atoms with Gasteiger partial charge in [0.1, 0.15) is 11.0 Å². The second-order valence-electron chi connectivity index (χ2n) is 5.56. The van der Waals surface area contributed by atoms with Crippen LogP contribution in [0.25, 0.3) is 0 Å². The van der Waals surface area contributed by atoms with Crippen molar-refractivity contribution in [1.82, 2.24) is 9.97 Å². The van der Waals surface area contributed by atoms with E-state index in [-0.39, 0.29) is 16.7 Å². The van der Waals surface area contributed by atoms with Crippen LogP contribution in [0.3, 0.4) is 0 Å². The van der Waals surface area contributed by atoms with Crippen LogP contribution in [0.15, 0.2) is 29.4 Å². The molecule has 2 heterocycles. The number of hydrazone groups is 1. The number of nitrogens with two attached hydrogens (primary N) is 1. The Morgan fingerprint density at radius 2 is 2.12 bits per heavy atom. The molecule has 1 aromatic heterocycles. The summed E-state index contributed by atoms with van der Waals surface area (Å²) in [7, 11) is 0. The van der Waals surface area contributed by atoms with Crippen molar-refractivity contribution in [3.05, 3.63) is 40.5 Å². The Morgan fingerprint density at radius 1 is 1.36 bits per heavy atom. The first-order valence-electron chi connectivity index (χ1n) is 7.75. The van der Waals surface area contributed by atoms with E-state index in [4.69, 9.17) is 22.4 Å². The molecule has 1 saturated heterocycles. The summed E-state index contributed by atoms with van der Waals surface area (Å²) in [6, 6.07) is 6.35. The average Bonchev–Trinajstić information content (AvgIpc) is 3.11. The normalized spacial score (nSPS) is 14.2. The molecule has 4 N–H and O–H groups in total. The molecule has 25 heavy (non-hydrogen) atoms. The molecular formula is C16H17ClN6O2. The number of hydrogen-bond acceptors (Lipinski definition) is 7. The van der Waals surface area contributed by atoms with Gasteiger partial charge in [0.25, 0.3) is 0 Å². The molecule has 0 aliphatic carbocycles. The van der Waals surface area contributed by atoms with E-state index in [0.717, 1.165) is 25.9 Å². The Morgan fingerprint density at radius 3 is 2.84 bits per heavy atom. The highest BCUT2D eigenvalue weighted by atomic mass is 35.5. The number of carbonyl (C=O) groups is 1. The number of benzene rings is 1. The molecule has 2 aromatic rings. The van der Waals surface area contributed by atoms with E-state index in [9.17, 15) is 4.79 Å². The SMILES string of the molecule is Nc1nc(Cl)c(/C=N/Nc2cccc(C(=O)O)c2)c(N2CCCC2)n1. The minimum absolute atomic E-state index is 0.117. The number of hydrogen-bond donors (Lipinski definition) is 3. The van der Waals surface area contributed by atoms with Crippen LogP contribution in [0.1, 0.15) is 28.8 Å². The van der Waals surface area contributed by atoms with Crippen LogP contribution in [0, 0.1) is 0 Å². The molecule has 0 bridgehead atoms. The van der Waals surface area contributed by atoms with Crippen LogP contribution in [-0.4, -0.2) is 40.3 Å². The second-order valence-corrected chi connectivity index (χ2v) is 5.92. The van der Waals surface area contributed by atoms with Gasteiger partial charge in [0.05, 0.1) is 23.0 Å². The van der Waals surface area contributed by atoms with Gasteiger partial charge in [-0.1, -0.05) is 17.7 Å². The lowest BCUT2D eigenvalue weighted by Gasteiger charge is -2.19. The van der Waals surface area contributed by atoms with Crippen molar-refractivity contribution in [1.29, 1.82) is 0 Å². The fourth-order valence-electron chi connectivity index (χ4n) is 2.62. The summed E-state index contributed by atoms with van der Waals surface area (Å²) >= 11 is 6.21. The van der Waals surface area contributed by atoms with Crippen LogP contribution in [0.2, 0.25) is 5.15 Å². The monoisotopic (exact) mass is 360 g/mol. The van der Waals surface area contributed by atoms with Gasteiger partial charge in [0.2, 0.25) is 5.95 Å². The molecule has 0 saturated carbocycles. The summed E-state index contributed by atoms with van der Waals surface area (Å²) in [5, 5.41) is 13.4. The van der Waals surface area contributed by atoms with Gasteiger partial charge in [-0.3, -0.25) is 5.43 Å². The number of anilines is 3. The van der Waals surface area contributed by atoms with E-state index < -0.39 is 5.97 Å². The molecule has 0 unspecified atom stereocenters. The molecule has 1 aliphatic heterocycles. The zero-order valence-corrected chi connectivity index (χ0v) is 14.1. The number of halogens is 1. The molecule has 1 aliphatic rings. The number of nitrogen functional groups attached to an aromatic ring is 1. The summed E-state index contributed by atoms with van der Waals surface area (Å²) in [5.74, 6) is -0.232. The Balaban J connectivity index is 1.83. The van der Waals surface area contributed by atoms with Gasteiger partial charge < -0.3 is 15.7 Å². The molecule has 1 aromatic carbocycles. The van der Waals surface area contributed by atoms with Crippen LogP contribution < -0.4 is 16.1 Å². The van der Waals surface area contributed by atoms with Gasteiger partial charge in [0, 0.05) is 13.1 Å². The van der Waals surface area contributed by atoms with Gasteiger partial charge in [-0.15, -0.1) is 0 Å². The van der Waals surface area contributed by atoms with Gasteiger partial charge in [-0.2, -0.15) is 10.1 Å². The van der Waals surface area contributed by atoms with E-state index >= 15 is 0 Å². The van der Waals surface area contributed by atoms with Gasteiger partial charge in [-0.25, -0.2) is 9.78 Å². The number of carboxylic acid groups (broad SMARTS) is 1. The smallest absolute Gasteiger partial charge is 0.335 e. The fourth-order valence-corrected chi connectivity index (χ4v) is 2.84. The quantitative estimate of drug-likeness (QED) is 0.426. The maximum Gasteiger partial charge on any atom is 0.335 e. The summed E-state index contributed by atoms with van der Waals surface area (Å²) in [4.78, 5) is 21.4. The van der Waals surface area contributed by atoms with Crippen LogP contribution >= 0.6 is 11.6 Å². The molecule has 8 nitrogen and oxygen atoms in total. The van der Waals surface area contributed by atoms with Crippen molar-refractivity contribution in [3.8, 4) is 0 Å². The van der Waals surface area contributed by atoms with Gasteiger partial charge in [-0.05, 0) is 31.0 Å². The Hall–Kier alpha value is -2.87. The zero-order chi connectivity index (χ0) is 17.8. The molecule has 0 radical (unpaired) electrons. The highest BCUT2D eigenvalue weighted by Crippen LogP contribution is 2.26. The van der Waals surface area contributed by atoms with Crippen molar-refractivity contribution in [2.45, 2.75) is 12.8 Å². The summed E-state index contributed by atoms with van der Waals surface area (Å²) in [5.41, 5.74) is 9.79. The maximum absolute atomic E-state index is 11.0. The average molecular weight is 361 g/mol. The number of nitrogens with one attached hydrogen (secondary N) is 1. The molecule has 0 atom stereocenters. The van der Waals surface area contributed by atoms with Crippen molar-refractivity contribution >= 4 is 41.2 Å². The van der Waals surface area contributed by atoms with E-state index in [1.54, 1.807) is 12.1 Å². The zero-order valence-electron chi connectivity index (χ0n) is 13.3. The summed E-state index contributed by atoms with van der Waals surface area (Å²) in [6.07, 6.45) is 3.68. The second kappa shape index (κ2) is 7.35. The first kappa shape index (κ1) is 17.0. The standard InChI is InChI=1S/C16H17ClN6O2/c17-13-12(14(21-16(18)20-13)23-6-1-2-7-23)9-19-22-11-5-3-4-10(8-11)15(24)25/h3-5,8-9,22H,1-2,6-7H2,(H,24,25)(H2,18,20,21)/b19-9+. The Bertz CT molecular complexity index is 820. The number of aromatic carboxylic acids is 1. The number of carboxylic acids is 1. The largest absolute Gasteiger partial charge is 0.478 e. The predicted molar refractivity (Wildman–Crippen MR) is 97.5 cm³/mol. The first-order valence-corrected chi connectivity index (χ1v) is 8.13. The molecule has 3 rings (SSSR count). The molecule has 9 heteroatoms. The van der Waals surface area contributed by atoms with Crippen LogP contribution in [-0.2, 0) is 0 Å². The number of rotatable bonds is 5. The molecule has 130 valence electrons. The third kappa shape index (κ3) is 3.97. The highest BCUT2D eigenvalue weighted by Gasteiger charge is 2.20. The predicted octanol–water partition coefficient (Wildman–Crippen LogP) is 2.46. The summed E-state index contributed by atoms with van der Waals surface area (Å²) in [6.45, 7) is 1.75. The van der Waals surface area contributed by atoms with Gasteiger partial charge >= 0.3 is 5.97 Å². The van der Waals surface area contributed by atoms with E-state index in [2.05, 4.69) is 25.4 Å². The van der Waals surface area contributed by atoms with E-state index in [1.165, 1.54) is 18.3 Å². The van der Waals surface area contributed by atoms with E-state index in [0.29, 0.717) is 17.1 Å². The number of aromatic nitrogens is 2. The Labute approximate surface area is 149 Å². The topological polar surface area (TPSA) is 117 Å². The van der Waals surface area contributed by atoms with Crippen molar-refractivity contribution in [2.24, 2.45) is 5.10 Å². The molecule has 0 amide bonds. The minimum atomic E-state index is -1.00.